The van der Waals surface area contributed by atoms with Crippen LogP contribution in [0.5, 0.6) is 5.75 Å². The van der Waals surface area contributed by atoms with Gasteiger partial charge in [0.05, 0.1) is 23.4 Å². The van der Waals surface area contributed by atoms with Gasteiger partial charge in [-0.3, -0.25) is 14.6 Å². The van der Waals surface area contributed by atoms with Gasteiger partial charge in [-0.2, -0.15) is 0 Å². The highest BCUT2D eigenvalue weighted by Crippen LogP contribution is 2.31. The van der Waals surface area contributed by atoms with Crippen molar-refractivity contribution in [1.82, 2.24) is 9.88 Å². The molecule has 0 radical (unpaired) electrons. The second-order valence-corrected chi connectivity index (χ2v) is 8.65. The van der Waals surface area contributed by atoms with Crippen molar-refractivity contribution in [3.63, 3.8) is 0 Å². The molecule has 0 atom stereocenters. The van der Waals surface area contributed by atoms with Crippen molar-refractivity contribution >= 4 is 44.2 Å². The summed E-state index contributed by atoms with van der Waals surface area (Å²) in [6.45, 7) is 4.54. The third-order valence-electron chi connectivity index (χ3n) is 5.01. The summed E-state index contributed by atoms with van der Waals surface area (Å²) in [6.07, 6.45) is 0.805. The summed E-state index contributed by atoms with van der Waals surface area (Å²) < 4.78 is 25.0. The number of thiazole rings is 1. The number of benzene rings is 2. The van der Waals surface area contributed by atoms with Crippen molar-refractivity contribution in [1.29, 1.82) is 0 Å². The summed E-state index contributed by atoms with van der Waals surface area (Å²) in [7, 11) is 0. The molecule has 1 saturated heterocycles. The molecule has 0 unspecified atom stereocenters. The number of ether oxygens (including phenoxy) is 2. The molecule has 1 aliphatic rings. The molecule has 164 valence electrons. The standard InChI is InChI=1S/C22H23ClFN3O3S/c23-16-2-7-19-20(14-16)31-22(25-19)27(9-1-8-26-10-12-29-13-11-26)21(28)15-30-18-5-3-17(24)4-6-18/h2-7,14H,1,8-13,15H2. The van der Waals surface area contributed by atoms with E-state index in [9.17, 15) is 9.18 Å². The van der Waals surface area contributed by atoms with Gasteiger partial charge in [0.25, 0.3) is 5.91 Å². The largest absolute Gasteiger partial charge is 0.484 e. The lowest BCUT2D eigenvalue weighted by Crippen LogP contribution is -2.40. The smallest absolute Gasteiger partial charge is 0.266 e. The molecule has 1 amide bonds. The summed E-state index contributed by atoms with van der Waals surface area (Å²) in [4.78, 5) is 21.7. The van der Waals surface area contributed by atoms with Gasteiger partial charge in [0.15, 0.2) is 11.7 Å². The quantitative estimate of drug-likeness (QED) is 0.500. The van der Waals surface area contributed by atoms with Crippen LogP contribution in [-0.4, -0.2) is 61.8 Å². The minimum absolute atomic E-state index is 0.153. The highest BCUT2D eigenvalue weighted by Gasteiger charge is 2.21. The van der Waals surface area contributed by atoms with E-state index in [4.69, 9.17) is 21.1 Å². The highest BCUT2D eigenvalue weighted by molar-refractivity contribution is 7.22. The Kier molecular flexibility index (Phi) is 7.34. The van der Waals surface area contributed by atoms with Crippen molar-refractivity contribution in [2.75, 3.05) is 50.9 Å². The molecule has 2 heterocycles. The van der Waals surface area contributed by atoms with Crippen LogP contribution in [0.4, 0.5) is 9.52 Å². The number of carbonyl (C=O) groups is 1. The molecule has 0 N–H and O–H groups in total. The van der Waals surface area contributed by atoms with E-state index in [0.29, 0.717) is 22.4 Å². The van der Waals surface area contributed by atoms with Gasteiger partial charge in [-0.05, 0) is 48.9 Å². The number of hydrogen-bond donors (Lipinski definition) is 0. The fourth-order valence-corrected chi connectivity index (χ4v) is 4.64. The first kappa shape index (κ1) is 22.0. The van der Waals surface area contributed by atoms with Crippen LogP contribution in [0.25, 0.3) is 10.2 Å². The molecular weight excluding hydrogens is 441 g/mol. The van der Waals surface area contributed by atoms with E-state index < -0.39 is 0 Å². The van der Waals surface area contributed by atoms with Crippen LogP contribution in [-0.2, 0) is 9.53 Å². The number of nitrogens with zero attached hydrogens (tertiary/aromatic N) is 3. The maximum Gasteiger partial charge on any atom is 0.266 e. The lowest BCUT2D eigenvalue weighted by atomic mass is 10.3. The van der Waals surface area contributed by atoms with E-state index in [-0.39, 0.29) is 18.3 Å². The molecule has 2 aromatic carbocycles. The van der Waals surface area contributed by atoms with E-state index in [0.717, 1.165) is 49.5 Å². The molecule has 1 aromatic heterocycles. The molecule has 1 aliphatic heterocycles. The lowest BCUT2D eigenvalue weighted by molar-refractivity contribution is -0.120. The van der Waals surface area contributed by atoms with E-state index in [1.165, 1.54) is 35.6 Å². The van der Waals surface area contributed by atoms with Crippen molar-refractivity contribution in [2.45, 2.75) is 6.42 Å². The molecule has 6 nitrogen and oxygen atoms in total. The number of anilines is 1. The molecule has 9 heteroatoms. The number of aromatic nitrogens is 1. The van der Waals surface area contributed by atoms with Gasteiger partial charge < -0.3 is 9.47 Å². The number of rotatable bonds is 8. The summed E-state index contributed by atoms with van der Waals surface area (Å²) in [5, 5.41) is 1.25. The number of amides is 1. The fourth-order valence-electron chi connectivity index (χ4n) is 3.36. The van der Waals surface area contributed by atoms with Crippen LogP contribution < -0.4 is 9.64 Å². The van der Waals surface area contributed by atoms with E-state index in [2.05, 4.69) is 9.88 Å². The lowest BCUT2D eigenvalue weighted by Gasteiger charge is -2.27. The topological polar surface area (TPSA) is 54.9 Å². The zero-order valence-electron chi connectivity index (χ0n) is 16.9. The number of hydrogen-bond acceptors (Lipinski definition) is 6. The molecule has 0 spiro atoms. The summed E-state index contributed by atoms with van der Waals surface area (Å²) in [5.74, 6) is -0.105. The molecular formula is C22H23ClFN3O3S. The second-order valence-electron chi connectivity index (χ2n) is 7.20. The van der Waals surface area contributed by atoms with Crippen LogP contribution in [0.3, 0.4) is 0 Å². The van der Waals surface area contributed by atoms with Crippen LogP contribution in [0.15, 0.2) is 42.5 Å². The number of carbonyl (C=O) groups excluding carboxylic acids is 1. The van der Waals surface area contributed by atoms with Crippen LogP contribution >= 0.6 is 22.9 Å². The number of halogens is 2. The zero-order chi connectivity index (χ0) is 21.6. The summed E-state index contributed by atoms with van der Waals surface area (Å²) >= 11 is 7.53. The summed E-state index contributed by atoms with van der Waals surface area (Å²) in [6, 6.07) is 11.1. The first-order chi connectivity index (χ1) is 15.1. The van der Waals surface area contributed by atoms with Crippen molar-refractivity contribution in [2.24, 2.45) is 0 Å². The first-order valence-corrected chi connectivity index (χ1v) is 11.3. The molecule has 0 saturated carbocycles. The van der Waals surface area contributed by atoms with E-state index in [1.54, 1.807) is 11.0 Å². The average Bonchev–Trinajstić information content (AvgIpc) is 3.19. The highest BCUT2D eigenvalue weighted by atomic mass is 35.5. The van der Waals surface area contributed by atoms with Crippen molar-refractivity contribution < 1.29 is 18.7 Å². The summed E-state index contributed by atoms with van der Waals surface area (Å²) in [5.41, 5.74) is 0.801. The maximum absolute atomic E-state index is 13.1. The molecule has 1 fully saturated rings. The van der Waals surface area contributed by atoms with Gasteiger partial charge >= 0.3 is 0 Å². The van der Waals surface area contributed by atoms with Crippen LogP contribution in [0.2, 0.25) is 5.02 Å². The second kappa shape index (κ2) is 10.4. The van der Waals surface area contributed by atoms with Gasteiger partial charge in [-0.15, -0.1) is 0 Å². The van der Waals surface area contributed by atoms with Crippen LogP contribution in [0.1, 0.15) is 6.42 Å². The molecule has 4 rings (SSSR count). The molecule has 0 bridgehead atoms. The third-order valence-corrected chi connectivity index (χ3v) is 6.28. The van der Waals surface area contributed by atoms with E-state index >= 15 is 0 Å². The van der Waals surface area contributed by atoms with Gasteiger partial charge in [0.2, 0.25) is 0 Å². The fraction of sp³-hybridized carbons (Fsp3) is 0.364. The van der Waals surface area contributed by atoms with Crippen molar-refractivity contribution in [3.8, 4) is 5.75 Å². The Morgan fingerprint density at radius 3 is 2.77 bits per heavy atom. The maximum atomic E-state index is 13.1. The SMILES string of the molecule is O=C(COc1ccc(F)cc1)N(CCCN1CCOCC1)c1nc2ccc(Cl)cc2s1. The monoisotopic (exact) mass is 463 g/mol. The Morgan fingerprint density at radius 1 is 1.23 bits per heavy atom. The Bertz CT molecular complexity index is 1020. The molecule has 3 aromatic rings. The van der Waals surface area contributed by atoms with E-state index in [1.807, 2.05) is 12.1 Å². The predicted molar refractivity (Wildman–Crippen MR) is 121 cm³/mol. The number of morpholine rings is 1. The van der Waals surface area contributed by atoms with Crippen molar-refractivity contribution in [3.05, 3.63) is 53.3 Å². The predicted octanol–water partition coefficient (Wildman–Crippen LogP) is 4.22. The van der Waals surface area contributed by atoms with Gasteiger partial charge in [-0.1, -0.05) is 22.9 Å². The molecule has 31 heavy (non-hydrogen) atoms. The third kappa shape index (κ3) is 5.92. The zero-order valence-corrected chi connectivity index (χ0v) is 18.5. The van der Waals surface area contributed by atoms with Gasteiger partial charge in [-0.25, -0.2) is 9.37 Å². The first-order valence-electron chi connectivity index (χ1n) is 10.1. The van der Waals surface area contributed by atoms with Crippen LogP contribution in [0, 0.1) is 5.82 Å². The number of fused-ring (bicyclic) bond motifs is 1. The molecule has 0 aliphatic carbocycles. The van der Waals surface area contributed by atoms with Gasteiger partial charge in [0, 0.05) is 31.2 Å². The average molecular weight is 464 g/mol. The minimum atomic E-state index is -0.350. The Labute approximate surface area is 189 Å². The van der Waals surface area contributed by atoms with Gasteiger partial charge in [0.1, 0.15) is 11.6 Å². The Hall–Kier alpha value is -2.26. The normalized spacial score (nSPS) is 14.6. The Morgan fingerprint density at radius 2 is 2.00 bits per heavy atom. The Balaban J connectivity index is 1.46. The minimum Gasteiger partial charge on any atom is -0.484 e.